The van der Waals surface area contributed by atoms with Crippen molar-refractivity contribution in [3.05, 3.63) is 74.1 Å². The molecule has 0 heterocycles. The second kappa shape index (κ2) is 8.63. The fourth-order valence-corrected chi connectivity index (χ4v) is 2.16. The summed E-state index contributed by atoms with van der Waals surface area (Å²) in [6.45, 7) is 0.0398. The Bertz CT molecular complexity index is 981. The molecule has 12 heteroatoms. The molecule has 2 rings (SSSR count). The van der Waals surface area contributed by atoms with Crippen molar-refractivity contribution in [2.45, 2.75) is 13.5 Å². The van der Waals surface area contributed by atoms with Crippen LogP contribution in [0.15, 0.2) is 18.2 Å². The van der Waals surface area contributed by atoms with Crippen LogP contribution in [0.5, 0.6) is 0 Å². The van der Waals surface area contributed by atoms with Crippen molar-refractivity contribution in [1.82, 2.24) is 0 Å². The molecule has 7 nitrogen and oxygen atoms in total. The van der Waals surface area contributed by atoms with Crippen molar-refractivity contribution in [3.63, 3.8) is 0 Å². The molecule has 0 spiro atoms. The average Bonchev–Trinajstić information content (AvgIpc) is 2.70. The highest BCUT2D eigenvalue weighted by molar-refractivity contribution is 5.96. The van der Waals surface area contributed by atoms with Gasteiger partial charge in [0.25, 0.3) is 5.69 Å². The smallest absolute Gasteiger partial charge is 0.338 e. The van der Waals surface area contributed by atoms with E-state index in [0.717, 1.165) is 12.1 Å². The Morgan fingerprint density at radius 1 is 0.862 bits per heavy atom. The molecule has 2 aromatic carbocycles. The zero-order valence-corrected chi connectivity index (χ0v) is 14.4. The molecule has 0 N–H and O–H groups in total. The number of ether oxygens (including phenoxy) is 2. The number of hydrogen-bond acceptors (Lipinski definition) is 6. The van der Waals surface area contributed by atoms with Gasteiger partial charge in [0.2, 0.25) is 5.82 Å². The molecular weight excluding hydrogens is 409 g/mol. The van der Waals surface area contributed by atoms with Crippen LogP contribution in [0, 0.1) is 39.2 Å². The van der Waals surface area contributed by atoms with Crippen LogP contribution >= 0.6 is 0 Å². The first kappa shape index (κ1) is 21.7. The summed E-state index contributed by atoms with van der Waals surface area (Å²) < 4.78 is 75.8. The summed E-state index contributed by atoms with van der Waals surface area (Å²) in [7, 11) is 0. The molecule has 154 valence electrons. The molecule has 2 aromatic rings. The molecule has 0 aromatic heterocycles. The van der Waals surface area contributed by atoms with E-state index in [1.807, 2.05) is 0 Å². The summed E-state index contributed by atoms with van der Waals surface area (Å²) in [5, 5.41) is 11.0. The van der Waals surface area contributed by atoms with Crippen molar-refractivity contribution in [2.24, 2.45) is 0 Å². The molecule has 29 heavy (non-hydrogen) atoms. The number of nitrogens with zero attached hydrogens (tertiary/aromatic N) is 1. The summed E-state index contributed by atoms with van der Waals surface area (Å²) in [6.07, 6.45) is 0. The highest BCUT2D eigenvalue weighted by Gasteiger charge is 2.27. The minimum atomic E-state index is -2.38. The third-order valence-corrected chi connectivity index (χ3v) is 3.52. The Morgan fingerprint density at radius 2 is 1.31 bits per heavy atom. The first-order valence-electron chi connectivity index (χ1n) is 7.72. The van der Waals surface area contributed by atoms with Crippen molar-refractivity contribution in [3.8, 4) is 0 Å². The number of esters is 2. The molecule has 0 amide bonds. The summed E-state index contributed by atoms with van der Waals surface area (Å²) >= 11 is 0. The predicted octanol–water partition coefficient (Wildman–Crippen LogP) is 3.82. The van der Waals surface area contributed by atoms with Gasteiger partial charge in [-0.25, -0.2) is 31.5 Å². The number of non-ortho nitro benzene ring substituents is 1. The van der Waals surface area contributed by atoms with Crippen LogP contribution in [0.3, 0.4) is 0 Å². The summed E-state index contributed by atoms with van der Waals surface area (Å²) in [6, 6.07) is 2.37. The molecule has 0 atom stereocenters. The molecule has 0 saturated heterocycles. The number of carbonyl (C=O) groups excluding carboxylic acids is 2. The maximum absolute atomic E-state index is 13.6. The summed E-state index contributed by atoms with van der Waals surface area (Å²) in [5.74, 6) is -13.6. The minimum absolute atomic E-state index is 0.0679. The van der Waals surface area contributed by atoms with E-state index in [9.17, 15) is 41.7 Å². The van der Waals surface area contributed by atoms with Crippen molar-refractivity contribution in [1.29, 1.82) is 0 Å². The number of carbonyl (C=O) groups is 2. The maximum atomic E-state index is 13.6. The van der Waals surface area contributed by atoms with E-state index in [2.05, 4.69) is 9.47 Å². The van der Waals surface area contributed by atoms with Crippen LogP contribution in [0.25, 0.3) is 0 Å². The quantitative estimate of drug-likeness (QED) is 0.176. The summed E-state index contributed by atoms with van der Waals surface area (Å²) in [4.78, 5) is 33.9. The first-order valence-corrected chi connectivity index (χ1v) is 7.72. The molecule has 0 unspecified atom stereocenters. The number of halogens is 5. The van der Waals surface area contributed by atoms with Gasteiger partial charge in [0, 0.05) is 12.1 Å². The van der Waals surface area contributed by atoms with E-state index < -0.39 is 69.4 Å². The molecule has 0 saturated carbocycles. The van der Waals surface area contributed by atoms with E-state index in [-0.39, 0.29) is 12.2 Å². The van der Waals surface area contributed by atoms with Gasteiger partial charge in [0.05, 0.1) is 28.2 Å². The lowest BCUT2D eigenvalue weighted by Gasteiger charge is -2.10. The third-order valence-electron chi connectivity index (χ3n) is 3.52. The third kappa shape index (κ3) is 4.47. The van der Waals surface area contributed by atoms with Crippen molar-refractivity contribution >= 4 is 17.6 Å². The van der Waals surface area contributed by atoms with Crippen LogP contribution in [-0.4, -0.2) is 23.5 Å². The van der Waals surface area contributed by atoms with Gasteiger partial charge in [-0.2, -0.15) is 0 Å². The zero-order valence-electron chi connectivity index (χ0n) is 14.4. The lowest BCUT2D eigenvalue weighted by Crippen LogP contribution is -2.13. The number of rotatable bonds is 6. The monoisotopic (exact) mass is 419 g/mol. The van der Waals surface area contributed by atoms with Crippen LogP contribution in [0.1, 0.15) is 33.2 Å². The molecule has 0 bridgehead atoms. The van der Waals surface area contributed by atoms with E-state index >= 15 is 0 Å². The van der Waals surface area contributed by atoms with Gasteiger partial charge in [-0.05, 0) is 13.0 Å². The Hall–Kier alpha value is -3.57. The van der Waals surface area contributed by atoms with Gasteiger partial charge in [0.15, 0.2) is 23.3 Å². The van der Waals surface area contributed by atoms with Gasteiger partial charge >= 0.3 is 11.9 Å². The summed E-state index contributed by atoms with van der Waals surface area (Å²) in [5.41, 5.74) is -3.07. The molecule has 0 radical (unpaired) electrons. The van der Waals surface area contributed by atoms with Gasteiger partial charge in [-0.15, -0.1) is 0 Å². The lowest BCUT2D eigenvalue weighted by molar-refractivity contribution is -0.384. The predicted molar refractivity (Wildman–Crippen MR) is 84.4 cm³/mol. The van der Waals surface area contributed by atoms with E-state index in [0.29, 0.717) is 6.07 Å². The van der Waals surface area contributed by atoms with Gasteiger partial charge in [0.1, 0.15) is 6.61 Å². The second-order valence-corrected chi connectivity index (χ2v) is 5.37. The number of nitro benzene ring substituents is 1. The highest BCUT2D eigenvalue weighted by atomic mass is 19.2. The zero-order chi connectivity index (χ0) is 21.9. The Balaban J connectivity index is 2.34. The van der Waals surface area contributed by atoms with Crippen molar-refractivity contribution in [2.75, 3.05) is 6.61 Å². The first-order chi connectivity index (χ1) is 13.6. The fourth-order valence-electron chi connectivity index (χ4n) is 2.16. The van der Waals surface area contributed by atoms with Crippen LogP contribution in [0.4, 0.5) is 27.6 Å². The molecule has 0 fully saturated rings. The standard InChI is InChI=1S/C17H10F5NO6/c1-2-28-16(24)7-3-8(5-9(4-7)23(26)27)17(25)29-6-10-11(18)13(20)15(22)14(21)12(10)19/h3-5H,2,6H2,1H3. The Kier molecular flexibility index (Phi) is 6.46. The molecule has 0 aliphatic rings. The highest BCUT2D eigenvalue weighted by Crippen LogP contribution is 2.24. The van der Waals surface area contributed by atoms with Gasteiger partial charge < -0.3 is 9.47 Å². The Morgan fingerprint density at radius 3 is 1.76 bits per heavy atom. The van der Waals surface area contributed by atoms with Crippen LogP contribution < -0.4 is 0 Å². The number of nitro groups is 1. The van der Waals surface area contributed by atoms with E-state index in [4.69, 9.17) is 0 Å². The second-order valence-electron chi connectivity index (χ2n) is 5.37. The van der Waals surface area contributed by atoms with Crippen LogP contribution in [-0.2, 0) is 16.1 Å². The lowest BCUT2D eigenvalue weighted by atomic mass is 10.1. The molecular formula is C17H10F5NO6. The molecule has 0 aliphatic heterocycles. The fraction of sp³-hybridized carbons (Fsp3) is 0.176. The number of benzene rings is 2. The Labute approximate surface area is 158 Å². The van der Waals surface area contributed by atoms with E-state index in [1.54, 1.807) is 0 Å². The normalized spacial score (nSPS) is 10.6. The SMILES string of the molecule is CCOC(=O)c1cc(C(=O)OCc2c(F)c(F)c(F)c(F)c2F)cc([N+](=O)[O-])c1. The minimum Gasteiger partial charge on any atom is -0.462 e. The van der Waals surface area contributed by atoms with Gasteiger partial charge in [-0.3, -0.25) is 10.1 Å². The van der Waals surface area contributed by atoms with Crippen molar-refractivity contribution < 1.29 is 45.9 Å². The molecule has 0 aliphatic carbocycles. The topological polar surface area (TPSA) is 95.7 Å². The van der Waals surface area contributed by atoms with Gasteiger partial charge in [-0.1, -0.05) is 0 Å². The maximum Gasteiger partial charge on any atom is 0.338 e. The van der Waals surface area contributed by atoms with Crippen LogP contribution in [0.2, 0.25) is 0 Å². The largest absolute Gasteiger partial charge is 0.462 e. The number of hydrogen-bond donors (Lipinski definition) is 0. The van der Waals surface area contributed by atoms with E-state index in [1.165, 1.54) is 6.92 Å². The average molecular weight is 419 g/mol.